The molecule has 0 aromatic heterocycles. The molecule has 2 saturated heterocycles. The lowest BCUT2D eigenvalue weighted by Gasteiger charge is -2.19. The summed E-state index contributed by atoms with van der Waals surface area (Å²) in [5, 5.41) is 3.47. The smallest absolute Gasteiger partial charge is 0.159 e. The van der Waals surface area contributed by atoms with Crippen molar-refractivity contribution in [3.63, 3.8) is 0 Å². The fraction of sp³-hybridized carbons (Fsp3) is 0.588. The number of fused-ring (bicyclic) bond motifs is 1. The van der Waals surface area contributed by atoms with Crippen LogP contribution >= 0.6 is 0 Å². The molecule has 1 aromatic rings. The first-order valence-corrected chi connectivity index (χ1v) is 7.87. The topological polar surface area (TPSA) is 41.6 Å². The molecule has 2 fully saturated rings. The van der Waals surface area contributed by atoms with Gasteiger partial charge in [-0.25, -0.2) is 0 Å². The van der Waals surface area contributed by atoms with Gasteiger partial charge in [-0.15, -0.1) is 0 Å². The number of hydrogen-bond acceptors (Lipinski definition) is 4. The number of carbonyl (C=O) groups is 1. The molecule has 2 aliphatic heterocycles. The highest BCUT2D eigenvalue weighted by Crippen LogP contribution is 2.30. The molecule has 2 aliphatic rings. The predicted molar refractivity (Wildman–Crippen MR) is 82.7 cm³/mol. The standard InChI is InChI=1S/C17H24N2O2/c1-3-21-17-5-4-13(12(2)20)6-14(17)9-19-10-15-7-18-8-16(15)11-19/h4-6,15-16,18H,3,7-11H2,1-2H3. The first-order chi connectivity index (χ1) is 10.2. The summed E-state index contributed by atoms with van der Waals surface area (Å²) in [5.74, 6) is 2.60. The minimum atomic E-state index is 0.113. The fourth-order valence-electron chi connectivity index (χ4n) is 3.54. The number of carbonyl (C=O) groups excluding carboxylic acids is 1. The summed E-state index contributed by atoms with van der Waals surface area (Å²) in [6, 6.07) is 5.80. The monoisotopic (exact) mass is 288 g/mol. The summed E-state index contributed by atoms with van der Waals surface area (Å²) in [6.45, 7) is 9.73. The molecular weight excluding hydrogens is 264 g/mol. The molecule has 4 nitrogen and oxygen atoms in total. The summed E-state index contributed by atoms with van der Waals surface area (Å²) >= 11 is 0. The van der Waals surface area contributed by atoms with Gasteiger partial charge >= 0.3 is 0 Å². The number of hydrogen-bond donors (Lipinski definition) is 1. The van der Waals surface area contributed by atoms with E-state index < -0.39 is 0 Å². The Morgan fingerprint density at radius 2 is 2.05 bits per heavy atom. The second kappa shape index (κ2) is 6.16. The van der Waals surface area contributed by atoms with E-state index in [2.05, 4.69) is 10.2 Å². The Kier molecular flexibility index (Phi) is 4.27. The maximum absolute atomic E-state index is 11.6. The van der Waals surface area contributed by atoms with Gasteiger partial charge < -0.3 is 10.1 Å². The minimum Gasteiger partial charge on any atom is -0.494 e. The van der Waals surface area contributed by atoms with Crippen molar-refractivity contribution < 1.29 is 9.53 Å². The third-order valence-corrected chi connectivity index (χ3v) is 4.63. The normalized spacial score (nSPS) is 25.0. The SMILES string of the molecule is CCOc1ccc(C(C)=O)cc1CN1CC2CNCC2C1. The highest BCUT2D eigenvalue weighted by Gasteiger charge is 2.36. The number of rotatable bonds is 5. The summed E-state index contributed by atoms with van der Waals surface area (Å²) < 4.78 is 5.73. The third-order valence-electron chi connectivity index (χ3n) is 4.63. The molecule has 0 bridgehead atoms. The molecule has 0 radical (unpaired) electrons. The van der Waals surface area contributed by atoms with Crippen molar-refractivity contribution in [2.24, 2.45) is 11.8 Å². The van der Waals surface area contributed by atoms with Crippen LogP contribution in [0.15, 0.2) is 18.2 Å². The number of likely N-dealkylation sites (tertiary alicyclic amines) is 1. The van der Waals surface area contributed by atoms with E-state index in [9.17, 15) is 4.79 Å². The van der Waals surface area contributed by atoms with Crippen LogP contribution in [0.1, 0.15) is 29.8 Å². The quantitative estimate of drug-likeness (QED) is 0.841. The maximum atomic E-state index is 11.6. The molecule has 4 heteroatoms. The molecule has 0 aliphatic carbocycles. The van der Waals surface area contributed by atoms with Crippen LogP contribution in [0.5, 0.6) is 5.75 Å². The van der Waals surface area contributed by atoms with E-state index in [1.807, 2.05) is 25.1 Å². The van der Waals surface area contributed by atoms with Crippen LogP contribution in [-0.2, 0) is 6.54 Å². The molecule has 3 rings (SSSR count). The minimum absolute atomic E-state index is 0.113. The number of ketones is 1. The molecule has 1 aromatic carbocycles. The second-order valence-electron chi connectivity index (χ2n) is 6.18. The van der Waals surface area contributed by atoms with Crippen LogP contribution in [0.25, 0.3) is 0 Å². The van der Waals surface area contributed by atoms with E-state index in [0.717, 1.165) is 61.4 Å². The summed E-state index contributed by atoms with van der Waals surface area (Å²) in [7, 11) is 0. The molecule has 2 unspecified atom stereocenters. The molecule has 0 saturated carbocycles. The van der Waals surface area contributed by atoms with Gasteiger partial charge in [0.15, 0.2) is 5.78 Å². The van der Waals surface area contributed by atoms with E-state index in [-0.39, 0.29) is 5.78 Å². The molecule has 2 heterocycles. The van der Waals surface area contributed by atoms with Crippen molar-refractivity contribution in [1.82, 2.24) is 10.2 Å². The zero-order valence-corrected chi connectivity index (χ0v) is 12.9. The highest BCUT2D eigenvalue weighted by molar-refractivity contribution is 5.94. The largest absolute Gasteiger partial charge is 0.494 e. The van der Waals surface area contributed by atoms with Crippen LogP contribution in [0.4, 0.5) is 0 Å². The van der Waals surface area contributed by atoms with Crippen molar-refractivity contribution in [2.75, 3.05) is 32.8 Å². The van der Waals surface area contributed by atoms with Gasteiger partial charge in [-0.05, 0) is 57.0 Å². The molecular formula is C17H24N2O2. The van der Waals surface area contributed by atoms with E-state index >= 15 is 0 Å². The molecule has 1 N–H and O–H groups in total. The number of nitrogens with one attached hydrogen (secondary N) is 1. The maximum Gasteiger partial charge on any atom is 0.159 e. The Labute approximate surface area is 126 Å². The molecule has 2 atom stereocenters. The van der Waals surface area contributed by atoms with E-state index in [4.69, 9.17) is 4.74 Å². The van der Waals surface area contributed by atoms with Crippen LogP contribution in [0.3, 0.4) is 0 Å². The van der Waals surface area contributed by atoms with Gasteiger partial charge in [0.2, 0.25) is 0 Å². The molecule has 0 spiro atoms. The Balaban J connectivity index is 1.76. The highest BCUT2D eigenvalue weighted by atomic mass is 16.5. The Morgan fingerprint density at radius 3 is 2.67 bits per heavy atom. The second-order valence-corrected chi connectivity index (χ2v) is 6.18. The van der Waals surface area contributed by atoms with Gasteiger partial charge in [0, 0.05) is 30.8 Å². The van der Waals surface area contributed by atoms with Gasteiger partial charge in [0.1, 0.15) is 5.75 Å². The zero-order chi connectivity index (χ0) is 14.8. The van der Waals surface area contributed by atoms with Crippen LogP contribution in [0.2, 0.25) is 0 Å². The lowest BCUT2D eigenvalue weighted by molar-refractivity contribution is 0.101. The van der Waals surface area contributed by atoms with Crippen molar-refractivity contribution in [1.29, 1.82) is 0 Å². The Hall–Kier alpha value is -1.39. The van der Waals surface area contributed by atoms with E-state index in [1.165, 1.54) is 0 Å². The van der Waals surface area contributed by atoms with Gasteiger partial charge in [-0.1, -0.05) is 0 Å². The van der Waals surface area contributed by atoms with E-state index in [0.29, 0.717) is 6.61 Å². The molecule has 21 heavy (non-hydrogen) atoms. The third kappa shape index (κ3) is 3.11. The Bertz CT molecular complexity index is 518. The summed E-state index contributed by atoms with van der Waals surface area (Å²) in [5.41, 5.74) is 1.91. The number of benzene rings is 1. The van der Waals surface area contributed by atoms with Gasteiger partial charge in [0.25, 0.3) is 0 Å². The fourth-order valence-corrected chi connectivity index (χ4v) is 3.54. The lowest BCUT2D eigenvalue weighted by atomic mass is 10.0. The zero-order valence-electron chi connectivity index (χ0n) is 12.9. The Morgan fingerprint density at radius 1 is 1.33 bits per heavy atom. The van der Waals surface area contributed by atoms with Crippen molar-refractivity contribution in [3.05, 3.63) is 29.3 Å². The average molecular weight is 288 g/mol. The molecule has 0 amide bonds. The summed E-state index contributed by atoms with van der Waals surface area (Å²) in [6.07, 6.45) is 0. The van der Waals surface area contributed by atoms with Crippen LogP contribution < -0.4 is 10.1 Å². The summed E-state index contributed by atoms with van der Waals surface area (Å²) in [4.78, 5) is 14.1. The molecule has 114 valence electrons. The van der Waals surface area contributed by atoms with Gasteiger partial charge in [0.05, 0.1) is 6.61 Å². The first-order valence-electron chi connectivity index (χ1n) is 7.87. The van der Waals surface area contributed by atoms with Crippen molar-refractivity contribution in [3.8, 4) is 5.75 Å². The van der Waals surface area contributed by atoms with Crippen LogP contribution in [-0.4, -0.2) is 43.5 Å². The van der Waals surface area contributed by atoms with Crippen molar-refractivity contribution >= 4 is 5.78 Å². The average Bonchev–Trinajstić information content (AvgIpc) is 3.01. The first kappa shape index (κ1) is 14.5. The van der Waals surface area contributed by atoms with Gasteiger partial charge in [-0.2, -0.15) is 0 Å². The van der Waals surface area contributed by atoms with Gasteiger partial charge in [-0.3, -0.25) is 9.69 Å². The van der Waals surface area contributed by atoms with Crippen molar-refractivity contribution in [2.45, 2.75) is 20.4 Å². The number of ether oxygens (including phenoxy) is 1. The van der Waals surface area contributed by atoms with Crippen LogP contribution in [0, 0.1) is 11.8 Å². The lowest BCUT2D eigenvalue weighted by Crippen LogP contribution is -2.25. The number of nitrogens with zero attached hydrogens (tertiary/aromatic N) is 1. The van der Waals surface area contributed by atoms with E-state index in [1.54, 1.807) is 6.92 Å². The number of Topliss-reactive ketones (excluding diaryl/α,β-unsaturated/α-hetero) is 1. The predicted octanol–water partition coefficient (Wildman–Crippen LogP) is 1.94.